The predicted octanol–water partition coefficient (Wildman–Crippen LogP) is 3.16. The number of halogens is 1. The van der Waals surface area contributed by atoms with Gasteiger partial charge in [0, 0.05) is 12.1 Å². The lowest BCUT2D eigenvalue weighted by molar-refractivity contribution is -0.385. The van der Waals surface area contributed by atoms with Gasteiger partial charge in [-0.3, -0.25) is 10.1 Å². The van der Waals surface area contributed by atoms with Crippen molar-refractivity contribution in [1.82, 2.24) is 4.98 Å². The average molecular weight is 254 g/mol. The summed E-state index contributed by atoms with van der Waals surface area (Å²) in [5.74, 6) is 0.512. The van der Waals surface area contributed by atoms with Crippen LogP contribution in [0.4, 0.5) is 11.5 Å². The van der Waals surface area contributed by atoms with E-state index in [1.165, 1.54) is 12.3 Å². The molecule has 0 fully saturated rings. The van der Waals surface area contributed by atoms with Crippen molar-refractivity contribution in [3.8, 4) is 0 Å². The third kappa shape index (κ3) is 2.94. The molecule has 0 bridgehead atoms. The lowest BCUT2D eigenvalue weighted by Gasteiger charge is -2.20. The van der Waals surface area contributed by atoms with Crippen molar-refractivity contribution in [2.75, 3.05) is 5.32 Å². The van der Waals surface area contributed by atoms with Crippen LogP contribution in [0.15, 0.2) is 24.4 Å². The number of rotatable bonds is 3. The zero-order valence-corrected chi connectivity index (χ0v) is 9.85. The molecule has 1 heterocycles. The molecule has 90 valence electrons. The van der Waals surface area contributed by atoms with Crippen molar-refractivity contribution in [3.05, 3.63) is 39.6 Å². The van der Waals surface area contributed by atoms with Gasteiger partial charge in [-0.05, 0) is 19.3 Å². The van der Waals surface area contributed by atoms with E-state index in [2.05, 4.69) is 22.5 Å². The van der Waals surface area contributed by atoms with Crippen molar-refractivity contribution in [1.29, 1.82) is 0 Å². The molecular formula is C11H12ClN3O2. The van der Waals surface area contributed by atoms with Crippen LogP contribution >= 0.6 is 11.6 Å². The van der Waals surface area contributed by atoms with Crippen LogP contribution in [0.1, 0.15) is 19.3 Å². The molecule has 0 saturated heterocycles. The summed E-state index contributed by atoms with van der Waals surface area (Å²) in [5, 5.41) is 14.0. The van der Waals surface area contributed by atoms with Crippen molar-refractivity contribution in [2.24, 2.45) is 0 Å². The van der Waals surface area contributed by atoms with E-state index in [9.17, 15) is 10.1 Å². The fourth-order valence-corrected chi connectivity index (χ4v) is 1.97. The lowest BCUT2D eigenvalue weighted by atomic mass is 10.0. The number of nitro groups is 1. The minimum Gasteiger partial charge on any atom is -0.366 e. The highest BCUT2D eigenvalue weighted by Crippen LogP contribution is 2.26. The van der Waals surface area contributed by atoms with Crippen molar-refractivity contribution < 1.29 is 4.92 Å². The normalized spacial score (nSPS) is 19.0. The van der Waals surface area contributed by atoms with Crippen LogP contribution in [0.5, 0.6) is 0 Å². The first kappa shape index (κ1) is 11.9. The quantitative estimate of drug-likeness (QED) is 0.510. The molecule has 1 aliphatic carbocycles. The summed E-state index contributed by atoms with van der Waals surface area (Å²) < 4.78 is 0. The average Bonchev–Trinajstić information content (AvgIpc) is 2.33. The van der Waals surface area contributed by atoms with E-state index in [0.29, 0.717) is 11.9 Å². The highest BCUT2D eigenvalue weighted by molar-refractivity contribution is 6.33. The Bertz CT molecular complexity index is 462. The Morgan fingerprint density at radius 1 is 1.53 bits per heavy atom. The molecule has 5 nitrogen and oxygen atoms in total. The molecule has 2 rings (SSSR count). The van der Waals surface area contributed by atoms with Crippen LogP contribution in [0, 0.1) is 10.1 Å². The largest absolute Gasteiger partial charge is 0.366 e. The summed E-state index contributed by atoms with van der Waals surface area (Å²) in [5.41, 5.74) is -0.0934. The summed E-state index contributed by atoms with van der Waals surface area (Å²) in [6.45, 7) is 0. The van der Waals surface area contributed by atoms with Gasteiger partial charge in [0.2, 0.25) is 0 Å². The molecule has 0 radical (unpaired) electrons. The molecule has 0 aromatic carbocycles. The molecular weight excluding hydrogens is 242 g/mol. The van der Waals surface area contributed by atoms with Gasteiger partial charge in [0.25, 0.3) is 5.69 Å². The third-order valence-electron chi connectivity index (χ3n) is 2.65. The summed E-state index contributed by atoms with van der Waals surface area (Å²) in [7, 11) is 0. The summed E-state index contributed by atoms with van der Waals surface area (Å²) >= 11 is 5.95. The second-order valence-electron chi connectivity index (χ2n) is 3.91. The maximum absolute atomic E-state index is 10.5. The molecule has 0 amide bonds. The van der Waals surface area contributed by atoms with Crippen LogP contribution in [-0.4, -0.2) is 15.9 Å². The molecule has 1 aromatic heterocycles. The lowest BCUT2D eigenvalue weighted by Crippen LogP contribution is -2.21. The van der Waals surface area contributed by atoms with E-state index in [1.54, 1.807) is 0 Å². The summed E-state index contributed by atoms with van der Waals surface area (Å²) in [4.78, 5) is 14.0. The molecule has 17 heavy (non-hydrogen) atoms. The molecule has 1 atom stereocenters. The fraction of sp³-hybridized carbons (Fsp3) is 0.364. The minimum atomic E-state index is -0.508. The van der Waals surface area contributed by atoms with Gasteiger partial charge in [0.05, 0.1) is 9.95 Å². The third-order valence-corrected chi connectivity index (χ3v) is 2.94. The van der Waals surface area contributed by atoms with Crippen LogP contribution in [0.2, 0.25) is 5.02 Å². The topological polar surface area (TPSA) is 68.1 Å². The minimum absolute atomic E-state index is 0.0934. The Morgan fingerprint density at radius 2 is 2.35 bits per heavy atom. The van der Waals surface area contributed by atoms with E-state index < -0.39 is 4.92 Å². The molecule has 0 aliphatic heterocycles. The van der Waals surface area contributed by atoms with Gasteiger partial charge in [-0.2, -0.15) is 0 Å². The van der Waals surface area contributed by atoms with Crippen molar-refractivity contribution in [2.45, 2.75) is 25.3 Å². The van der Waals surface area contributed by atoms with Crippen LogP contribution in [-0.2, 0) is 0 Å². The van der Waals surface area contributed by atoms with Gasteiger partial charge < -0.3 is 5.32 Å². The molecule has 1 aliphatic rings. The van der Waals surface area contributed by atoms with E-state index in [0.717, 1.165) is 19.3 Å². The highest BCUT2D eigenvalue weighted by Gasteiger charge is 2.15. The summed E-state index contributed by atoms with van der Waals surface area (Å²) in [6.07, 6.45) is 8.44. The number of pyridine rings is 1. The Balaban J connectivity index is 2.11. The number of hydrogen-bond donors (Lipinski definition) is 1. The highest BCUT2D eigenvalue weighted by atomic mass is 35.5. The first-order valence-electron chi connectivity index (χ1n) is 5.38. The number of hydrogen-bond acceptors (Lipinski definition) is 4. The SMILES string of the molecule is O=[N+]([O-])c1cnc(NC2CC=CCC2)c(Cl)c1. The van der Waals surface area contributed by atoms with Gasteiger partial charge in [-0.1, -0.05) is 23.8 Å². The maximum atomic E-state index is 10.5. The molecule has 0 spiro atoms. The molecule has 1 unspecified atom stereocenters. The fourth-order valence-electron chi connectivity index (χ4n) is 1.75. The van der Waals surface area contributed by atoms with Gasteiger partial charge in [-0.25, -0.2) is 4.98 Å². The van der Waals surface area contributed by atoms with E-state index in [-0.39, 0.29) is 10.7 Å². The monoisotopic (exact) mass is 253 g/mol. The smallest absolute Gasteiger partial charge is 0.289 e. The molecule has 1 aromatic rings. The van der Waals surface area contributed by atoms with Crippen molar-refractivity contribution >= 4 is 23.1 Å². The number of allylic oxidation sites excluding steroid dienone is 1. The number of aromatic nitrogens is 1. The van der Waals surface area contributed by atoms with Gasteiger partial charge in [0.1, 0.15) is 12.0 Å². The first-order chi connectivity index (χ1) is 8.16. The van der Waals surface area contributed by atoms with E-state index in [1.807, 2.05) is 0 Å². The second-order valence-corrected chi connectivity index (χ2v) is 4.31. The van der Waals surface area contributed by atoms with Crippen LogP contribution in [0.3, 0.4) is 0 Å². The predicted molar refractivity (Wildman–Crippen MR) is 66.3 cm³/mol. The van der Waals surface area contributed by atoms with Crippen LogP contribution in [0.25, 0.3) is 0 Å². The van der Waals surface area contributed by atoms with Crippen LogP contribution < -0.4 is 5.32 Å². The molecule has 6 heteroatoms. The van der Waals surface area contributed by atoms with Gasteiger partial charge in [0.15, 0.2) is 0 Å². The number of nitrogens with one attached hydrogen (secondary N) is 1. The maximum Gasteiger partial charge on any atom is 0.289 e. The van der Waals surface area contributed by atoms with Crippen molar-refractivity contribution in [3.63, 3.8) is 0 Å². The Hall–Kier alpha value is -1.62. The second kappa shape index (κ2) is 5.14. The van der Waals surface area contributed by atoms with E-state index >= 15 is 0 Å². The van der Waals surface area contributed by atoms with E-state index in [4.69, 9.17) is 11.6 Å². The zero-order chi connectivity index (χ0) is 12.3. The molecule has 1 N–H and O–H groups in total. The standard InChI is InChI=1S/C11H12ClN3O2/c12-10-6-9(15(16)17)7-13-11(10)14-8-4-2-1-3-5-8/h1-2,6-8H,3-5H2,(H,13,14). The Kier molecular flexibility index (Phi) is 3.58. The zero-order valence-electron chi connectivity index (χ0n) is 9.10. The first-order valence-corrected chi connectivity index (χ1v) is 5.76. The summed E-state index contributed by atoms with van der Waals surface area (Å²) in [6, 6.07) is 1.61. The van der Waals surface area contributed by atoms with Gasteiger partial charge >= 0.3 is 0 Å². The number of anilines is 1. The Morgan fingerprint density at radius 3 is 2.94 bits per heavy atom. The van der Waals surface area contributed by atoms with Gasteiger partial charge in [-0.15, -0.1) is 0 Å². The number of nitrogens with zero attached hydrogens (tertiary/aromatic N) is 2. The Labute approximate surface area is 104 Å². The molecule has 0 saturated carbocycles.